The fourth-order valence-corrected chi connectivity index (χ4v) is 4.06. The van der Waals surface area contributed by atoms with Crippen LogP contribution in [-0.2, 0) is 13.6 Å². The smallest absolute Gasteiger partial charge is 0.336 e. The van der Waals surface area contributed by atoms with Gasteiger partial charge in [0.2, 0.25) is 0 Å². The van der Waals surface area contributed by atoms with Crippen LogP contribution in [0.2, 0.25) is 0 Å². The molecule has 3 aromatic rings. The Bertz CT molecular complexity index is 1110. The van der Waals surface area contributed by atoms with Crippen LogP contribution in [0.5, 0.6) is 0 Å². The third kappa shape index (κ3) is 4.33. The van der Waals surface area contributed by atoms with E-state index in [-0.39, 0.29) is 5.63 Å². The van der Waals surface area contributed by atoms with Gasteiger partial charge in [-0.2, -0.15) is 5.10 Å². The minimum Gasteiger partial charge on any atom is -0.423 e. The van der Waals surface area contributed by atoms with Crippen molar-refractivity contribution in [3.05, 3.63) is 57.7 Å². The maximum atomic E-state index is 11.6. The van der Waals surface area contributed by atoms with Gasteiger partial charge >= 0.3 is 5.63 Å². The van der Waals surface area contributed by atoms with Gasteiger partial charge in [0.05, 0.1) is 5.69 Å². The number of rotatable bonds is 3. The van der Waals surface area contributed by atoms with Crippen molar-refractivity contribution in [2.45, 2.75) is 20.4 Å². The van der Waals surface area contributed by atoms with Gasteiger partial charge in [-0.15, -0.1) is 0 Å². The summed E-state index contributed by atoms with van der Waals surface area (Å²) in [5.41, 5.74) is 4.32. The van der Waals surface area contributed by atoms with E-state index in [1.807, 2.05) is 36.9 Å². The Morgan fingerprint density at radius 1 is 1.21 bits per heavy atom. The zero-order chi connectivity index (χ0) is 20.5. The average molecular weight is 412 g/mol. The number of nitrogens with zero attached hydrogens (tertiary/aromatic N) is 4. The molecule has 1 aromatic carbocycles. The first-order valence-corrected chi connectivity index (χ1v) is 10.1. The molecule has 2 aromatic heterocycles. The van der Waals surface area contributed by atoms with Gasteiger partial charge in [0.25, 0.3) is 0 Å². The molecule has 0 bridgehead atoms. The minimum atomic E-state index is -0.338. The number of thiocarbonyl (C=S) groups is 1. The van der Waals surface area contributed by atoms with E-state index in [1.165, 1.54) is 11.6 Å². The normalized spacial score (nSPS) is 15.1. The number of hydrogen-bond donors (Lipinski definition) is 1. The zero-order valence-electron chi connectivity index (χ0n) is 16.9. The van der Waals surface area contributed by atoms with Crippen LogP contribution in [0.4, 0.5) is 5.69 Å². The van der Waals surface area contributed by atoms with Crippen LogP contribution < -0.4 is 10.9 Å². The molecule has 1 aliphatic rings. The lowest BCUT2D eigenvalue weighted by Gasteiger charge is -2.36. The first-order chi connectivity index (χ1) is 13.9. The summed E-state index contributed by atoms with van der Waals surface area (Å²) in [6, 6.07) is 7.25. The molecule has 0 spiro atoms. The van der Waals surface area contributed by atoms with Crippen molar-refractivity contribution < 1.29 is 4.42 Å². The van der Waals surface area contributed by atoms with E-state index in [0.717, 1.165) is 55.1 Å². The first-order valence-electron chi connectivity index (χ1n) is 9.71. The molecule has 0 saturated carbocycles. The van der Waals surface area contributed by atoms with Gasteiger partial charge in [-0.3, -0.25) is 9.58 Å². The van der Waals surface area contributed by atoms with Gasteiger partial charge in [0.15, 0.2) is 5.11 Å². The van der Waals surface area contributed by atoms with Crippen molar-refractivity contribution in [2.24, 2.45) is 7.05 Å². The molecule has 1 N–H and O–H groups in total. The molecular formula is C21H25N5O2S. The monoisotopic (exact) mass is 411 g/mol. The van der Waals surface area contributed by atoms with Crippen LogP contribution >= 0.6 is 12.2 Å². The van der Waals surface area contributed by atoms with Gasteiger partial charge in [-0.25, -0.2) is 4.79 Å². The second-order valence-electron chi connectivity index (χ2n) is 7.57. The third-order valence-electron chi connectivity index (χ3n) is 5.37. The van der Waals surface area contributed by atoms with E-state index < -0.39 is 0 Å². The predicted octanol–water partition coefficient (Wildman–Crippen LogP) is 2.66. The highest BCUT2D eigenvalue weighted by Gasteiger charge is 2.20. The summed E-state index contributed by atoms with van der Waals surface area (Å²) >= 11 is 5.61. The number of aromatic nitrogens is 2. The molecule has 0 aliphatic carbocycles. The number of piperazine rings is 1. The van der Waals surface area contributed by atoms with Gasteiger partial charge in [-0.1, -0.05) is 0 Å². The molecule has 29 heavy (non-hydrogen) atoms. The second kappa shape index (κ2) is 7.96. The summed E-state index contributed by atoms with van der Waals surface area (Å²) in [7, 11) is 1.96. The molecule has 0 radical (unpaired) electrons. The number of anilines is 1. The molecule has 152 valence electrons. The number of benzene rings is 1. The van der Waals surface area contributed by atoms with Gasteiger partial charge in [0, 0.05) is 74.7 Å². The minimum absolute atomic E-state index is 0.338. The van der Waals surface area contributed by atoms with Gasteiger partial charge in [0.1, 0.15) is 5.58 Å². The molecule has 1 aliphatic heterocycles. The van der Waals surface area contributed by atoms with Gasteiger partial charge in [-0.05, 0) is 43.8 Å². The van der Waals surface area contributed by atoms with Crippen LogP contribution in [0.25, 0.3) is 11.0 Å². The van der Waals surface area contributed by atoms with Crippen molar-refractivity contribution in [1.29, 1.82) is 0 Å². The summed E-state index contributed by atoms with van der Waals surface area (Å²) in [6.07, 6.45) is 2.09. The first kappa shape index (κ1) is 19.6. The topological polar surface area (TPSA) is 66.5 Å². The second-order valence-corrected chi connectivity index (χ2v) is 7.95. The lowest BCUT2D eigenvalue weighted by atomic mass is 10.1. The summed E-state index contributed by atoms with van der Waals surface area (Å²) in [5, 5.41) is 9.33. The Kier molecular flexibility index (Phi) is 5.38. The van der Waals surface area contributed by atoms with Crippen LogP contribution in [0.15, 0.2) is 39.7 Å². The highest BCUT2D eigenvalue weighted by Crippen LogP contribution is 2.21. The van der Waals surface area contributed by atoms with E-state index in [4.69, 9.17) is 16.6 Å². The van der Waals surface area contributed by atoms with Crippen molar-refractivity contribution in [3.63, 3.8) is 0 Å². The molecule has 0 unspecified atom stereocenters. The van der Waals surface area contributed by atoms with Crippen LogP contribution in [0, 0.1) is 13.8 Å². The lowest BCUT2D eigenvalue weighted by Crippen LogP contribution is -2.49. The molecule has 1 saturated heterocycles. The number of hydrogen-bond acceptors (Lipinski definition) is 5. The molecule has 4 rings (SSSR count). The maximum absolute atomic E-state index is 11.6. The number of fused-ring (bicyclic) bond motifs is 1. The fourth-order valence-electron chi connectivity index (χ4n) is 3.76. The standard InChI is InChI=1S/C21H25N5O2S/c1-14-10-20(27)28-19-11-17(4-5-18(14)19)22-21(29)26-8-6-25(7-9-26)13-16-12-24(3)23-15(16)2/h4-5,10-12H,6-9,13H2,1-3H3,(H,22,29). The Morgan fingerprint density at radius 2 is 1.97 bits per heavy atom. The fraction of sp³-hybridized carbons (Fsp3) is 0.381. The summed E-state index contributed by atoms with van der Waals surface area (Å²) in [5.74, 6) is 0. The SMILES string of the molecule is Cc1nn(C)cc1CN1CCN(C(=S)Nc2ccc3c(C)cc(=O)oc3c2)CC1. The van der Waals surface area contributed by atoms with Crippen molar-refractivity contribution in [1.82, 2.24) is 19.6 Å². The molecule has 3 heterocycles. The van der Waals surface area contributed by atoms with E-state index in [2.05, 4.69) is 33.3 Å². The number of aryl methyl sites for hydroxylation is 3. The van der Waals surface area contributed by atoms with Crippen molar-refractivity contribution in [2.75, 3.05) is 31.5 Å². The highest BCUT2D eigenvalue weighted by molar-refractivity contribution is 7.80. The quantitative estimate of drug-likeness (QED) is 0.525. The largest absolute Gasteiger partial charge is 0.423 e. The summed E-state index contributed by atoms with van der Waals surface area (Å²) in [4.78, 5) is 16.2. The van der Waals surface area contributed by atoms with Crippen LogP contribution in [0.1, 0.15) is 16.8 Å². The van der Waals surface area contributed by atoms with Crippen LogP contribution in [-0.4, -0.2) is 50.9 Å². The average Bonchev–Trinajstić information content (AvgIpc) is 2.98. The molecule has 0 atom stereocenters. The molecule has 1 fully saturated rings. The Hall–Kier alpha value is -2.71. The molecule has 7 nitrogen and oxygen atoms in total. The van der Waals surface area contributed by atoms with E-state index in [1.54, 1.807) is 0 Å². The van der Waals surface area contributed by atoms with E-state index in [9.17, 15) is 4.79 Å². The van der Waals surface area contributed by atoms with Crippen LogP contribution in [0.3, 0.4) is 0 Å². The molecule has 8 heteroatoms. The Balaban J connectivity index is 1.37. The van der Waals surface area contributed by atoms with Gasteiger partial charge < -0.3 is 14.6 Å². The predicted molar refractivity (Wildman–Crippen MR) is 118 cm³/mol. The maximum Gasteiger partial charge on any atom is 0.336 e. The van der Waals surface area contributed by atoms with Crippen molar-refractivity contribution in [3.8, 4) is 0 Å². The molecular weight excluding hydrogens is 386 g/mol. The summed E-state index contributed by atoms with van der Waals surface area (Å²) in [6.45, 7) is 8.50. The third-order valence-corrected chi connectivity index (χ3v) is 5.73. The Labute approximate surface area is 174 Å². The lowest BCUT2D eigenvalue weighted by molar-refractivity contribution is 0.176. The molecule has 0 amide bonds. The van der Waals surface area contributed by atoms with E-state index in [0.29, 0.717) is 10.7 Å². The summed E-state index contributed by atoms with van der Waals surface area (Å²) < 4.78 is 7.19. The number of nitrogens with one attached hydrogen (secondary N) is 1. The van der Waals surface area contributed by atoms with Crippen molar-refractivity contribution >= 4 is 34.0 Å². The zero-order valence-corrected chi connectivity index (χ0v) is 17.8. The Morgan fingerprint density at radius 3 is 2.66 bits per heavy atom. The highest BCUT2D eigenvalue weighted by atomic mass is 32.1. The van der Waals surface area contributed by atoms with E-state index >= 15 is 0 Å².